The average Bonchev–Trinajstić information content (AvgIpc) is 2.03. The summed E-state index contributed by atoms with van der Waals surface area (Å²) in [5.41, 5.74) is 6.13. The molecular formula is C6H8BrN3O. The van der Waals surface area contributed by atoms with Crippen molar-refractivity contribution in [3.63, 3.8) is 0 Å². The van der Waals surface area contributed by atoms with Crippen LogP contribution in [0.2, 0.25) is 0 Å². The first-order chi connectivity index (χ1) is 5.26. The predicted octanol–water partition coefficient (Wildman–Crippen LogP) is 0.706. The topological polar surface area (TPSA) is 61.0 Å². The maximum atomic E-state index is 5.38. The number of methoxy groups -OCH3 is 1. The highest BCUT2D eigenvalue weighted by molar-refractivity contribution is 9.10. The number of aromatic nitrogens is 2. The zero-order valence-corrected chi connectivity index (χ0v) is 7.63. The summed E-state index contributed by atoms with van der Waals surface area (Å²) in [6, 6.07) is 2.09. The Kier molecular flexibility index (Phi) is 2.78. The van der Waals surface area contributed by atoms with Gasteiger partial charge in [-0.3, -0.25) is 0 Å². The van der Waals surface area contributed by atoms with Gasteiger partial charge in [-0.2, -0.15) is 9.97 Å². The van der Waals surface area contributed by atoms with E-state index >= 15 is 0 Å². The zero-order valence-electron chi connectivity index (χ0n) is 6.04. The van der Waals surface area contributed by atoms with Crippen LogP contribution in [0.25, 0.3) is 0 Å². The zero-order chi connectivity index (χ0) is 8.27. The molecule has 0 aliphatic carbocycles. The Morgan fingerprint density at radius 1 is 1.64 bits per heavy atom. The molecule has 0 fully saturated rings. The van der Waals surface area contributed by atoms with E-state index in [4.69, 9.17) is 10.5 Å². The van der Waals surface area contributed by atoms with Crippen LogP contribution in [0.1, 0.15) is 5.69 Å². The molecule has 0 amide bonds. The highest BCUT2D eigenvalue weighted by Crippen LogP contribution is 2.11. The molecule has 0 radical (unpaired) electrons. The van der Waals surface area contributed by atoms with E-state index in [1.165, 1.54) is 7.11 Å². The largest absolute Gasteiger partial charge is 0.467 e. The quantitative estimate of drug-likeness (QED) is 0.742. The molecule has 0 unspecified atom stereocenters. The van der Waals surface area contributed by atoms with Gasteiger partial charge < -0.3 is 10.5 Å². The van der Waals surface area contributed by atoms with Crippen molar-refractivity contribution < 1.29 is 4.74 Å². The minimum atomic E-state index is 0.333. The maximum absolute atomic E-state index is 5.38. The molecule has 60 valence electrons. The normalized spacial score (nSPS) is 9.73. The molecule has 4 nitrogen and oxygen atoms in total. The molecule has 0 atom stereocenters. The minimum Gasteiger partial charge on any atom is -0.467 e. The summed E-state index contributed by atoms with van der Waals surface area (Å²) >= 11 is 3.21. The third-order valence-corrected chi connectivity index (χ3v) is 1.53. The molecule has 0 aliphatic rings. The molecule has 0 aromatic carbocycles. The lowest BCUT2D eigenvalue weighted by Gasteiger charge is -2.00. The van der Waals surface area contributed by atoms with Crippen LogP contribution in [0.15, 0.2) is 10.7 Å². The number of nitrogens with zero attached hydrogens (tertiary/aromatic N) is 2. The lowest BCUT2D eigenvalue weighted by Crippen LogP contribution is -2.02. The Balaban J connectivity index is 3.02. The van der Waals surface area contributed by atoms with E-state index in [1.54, 1.807) is 6.07 Å². The molecule has 1 rings (SSSR count). The highest BCUT2D eigenvalue weighted by atomic mass is 79.9. The third kappa shape index (κ3) is 2.13. The molecule has 0 saturated heterocycles. The molecule has 0 bridgehead atoms. The number of hydrogen-bond acceptors (Lipinski definition) is 4. The summed E-state index contributed by atoms with van der Waals surface area (Å²) in [7, 11) is 1.52. The molecule has 2 N–H and O–H groups in total. The van der Waals surface area contributed by atoms with Crippen LogP contribution in [0, 0.1) is 0 Å². The minimum absolute atomic E-state index is 0.333. The Hall–Kier alpha value is -0.680. The standard InChI is InChI=1S/C6H8BrN3O/c1-11-6-9-4(3-8)2-5(7)10-6/h2H,3,8H2,1H3. The molecule has 1 aromatic rings. The van der Waals surface area contributed by atoms with E-state index in [1.807, 2.05) is 0 Å². The third-order valence-electron chi connectivity index (χ3n) is 1.12. The van der Waals surface area contributed by atoms with Crippen LogP contribution in [0.3, 0.4) is 0 Å². The Morgan fingerprint density at radius 3 is 2.91 bits per heavy atom. The molecule has 0 saturated carbocycles. The van der Waals surface area contributed by atoms with E-state index in [-0.39, 0.29) is 0 Å². The van der Waals surface area contributed by atoms with E-state index in [0.29, 0.717) is 17.2 Å². The van der Waals surface area contributed by atoms with Crippen molar-refractivity contribution in [3.8, 4) is 6.01 Å². The monoisotopic (exact) mass is 217 g/mol. The van der Waals surface area contributed by atoms with Gasteiger partial charge in [0, 0.05) is 6.54 Å². The Bertz CT molecular complexity index is 231. The van der Waals surface area contributed by atoms with Gasteiger partial charge in [0.2, 0.25) is 0 Å². The van der Waals surface area contributed by atoms with Gasteiger partial charge in [-0.15, -0.1) is 0 Å². The van der Waals surface area contributed by atoms with Crippen molar-refractivity contribution >= 4 is 15.9 Å². The Labute approximate surface area is 72.9 Å². The second kappa shape index (κ2) is 3.64. The Morgan fingerprint density at radius 2 is 2.36 bits per heavy atom. The van der Waals surface area contributed by atoms with Gasteiger partial charge in [-0.1, -0.05) is 0 Å². The SMILES string of the molecule is COc1nc(Br)cc(CN)n1. The van der Waals surface area contributed by atoms with Crippen LogP contribution in [0.4, 0.5) is 0 Å². The first kappa shape index (κ1) is 8.42. The summed E-state index contributed by atoms with van der Waals surface area (Å²) in [5, 5.41) is 0. The fourth-order valence-corrected chi connectivity index (χ4v) is 1.05. The fourth-order valence-electron chi connectivity index (χ4n) is 0.637. The second-order valence-electron chi connectivity index (χ2n) is 1.87. The number of rotatable bonds is 2. The van der Waals surface area contributed by atoms with Gasteiger partial charge in [0.25, 0.3) is 0 Å². The first-order valence-electron chi connectivity index (χ1n) is 3.03. The molecular weight excluding hydrogens is 210 g/mol. The number of halogens is 1. The molecule has 0 spiro atoms. The van der Waals surface area contributed by atoms with Crippen LogP contribution in [-0.2, 0) is 6.54 Å². The van der Waals surface area contributed by atoms with Gasteiger partial charge >= 0.3 is 6.01 Å². The number of ether oxygens (including phenoxy) is 1. The van der Waals surface area contributed by atoms with Gasteiger partial charge in [-0.25, -0.2) is 0 Å². The van der Waals surface area contributed by atoms with Gasteiger partial charge in [0.1, 0.15) is 4.60 Å². The van der Waals surface area contributed by atoms with Crippen molar-refractivity contribution in [1.82, 2.24) is 9.97 Å². The number of nitrogens with two attached hydrogens (primary N) is 1. The molecule has 11 heavy (non-hydrogen) atoms. The van der Waals surface area contributed by atoms with E-state index in [0.717, 1.165) is 5.69 Å². The summed E-state index contributed by atoms with van der Waals surface area (Å²) in [4.78, 5) is 7.91. The van der Waals surface area contributed by atoms with Crippen molar-refractivity contribution in [3.05, 3.63) is 16.4 Å². The van der Waals surface area contributed by atoms with Crippen LogP contribution < -0.4 is 10.5 Å². The molecule has 5 heteroatoms. The summed E-state index contributed by atoms with van der Waals surface area (Å²) < 4.78 is 5.51. The lowest BCUT2D eigenvalue weighted by atomic mass is 10.4. The van der Waals surface area contributed by atoms with Crippen LogP contribution in [-0.4, -0.2) is 17.1 Å². The molecule has 1 heterocycles. The second-order valence-corrected chi connectivity index (χ2v) is 2.69. The smallest absolute Gasteiger partial charge is 0.317 e. The van der Waals surface area contributed by atoms with Gasteiger partial charge in [0.15, 0.2) is 0 Å². The van der Waals surface area contributed by atoms with E-state index < -0.39 is 0 Å². The summed E-state index contributed by atoms with van der Waals surface area (Å²) in [6.45, 7) is 0.386. The lowest BCUT2D eigenvalue weighted by molar-refractivity contribution is 0.377. The highest BCUT2D eigenvalue weighted by Gasteiger charge is 1.99. The fraction of sp³-hybridized carbons (Fsp3) is 0.333. The van der Waals surface area contributed by atoms with Crippen molar-refractivity contribution in [2.75, 3.05) is 7.11 Å². The summed E-state index contributed by atoms with van der Waals surface area (Å²) in [6.07, 6.45) is 0. The van der Waals surface area contributed by atoms with Gasteiger partial charge in [0.05, 0.1) is 12.8 Å². The van der Waals surface area contributed by atoms with Crippen molar-refractivity contribution in [2.24, 2.45) is 5.73 Å². The predicted molar refractivity (Wildman–Crippen MR) is 44.2 cm³/mol. The van der Waals surface area contributed by atoms with Crippen LogP contribution in [0.5, 0.6) is 6.01 Å². The van der Waals surface area contributed by atoms with Crippen molar-refractivity contribution in [2.45, 2.75) is 6.54 Å². The first-order valence-corrected chi connectivity index (χ1v) is 3.83. The van der Waals surface area contributed by atoms with Gasteiger partial charge in [-0.05, 0) is 22.0 Å². The van der Waals surface area contributed by atoms with Crippen LogP contribution >= 0.6 is 15.9 Å². The van der Waals surface area contributed by atoms with Crippen molar-refractivity contribution in [1.29, 1.82) is 0 Å². The number of hydrogen-bond donors (Lipinski definition) is 1. The summed E-state index contributed by atoms with van der Waals surface area (Å²) in [5.74, 6) is 0. The average molecular weight is 218 g/mol. The molecule has 0 aliphatic heterocycles. The van der Waals surface area contributed by atoms with E-state index in [2.05, 4.69) is 25.9 Å². The maximum Gasteiger partial charge on any atom is 0.317 e. The van der Waals surface area contributed by atoms with E-state index in [9.17, 15) is 0 Å². The molecule has 1 aromatic heterocycles.